The molecule has 0 saturated carbocycles. The second-order valence-electron chi connectivity index (χ2n) is 5.49. The number of halogens is 1. The molecule has 2 aromatic rings. The van der Waals surface area contributed by atoms with Crippen LogP contribution in [-0.4, -0.2) is 38.0 Å². The van der Waals surface area contributed by atoms with Gasteiger partial charge in [0.05, 0.1) is 18.6 Å². The van der Waals surface area contributed by atoms with E-state index in [0.29, 0.717) is 16.5 Å². The van der Waals surface area contributed by atoms with Crippen LogP contribution in [0.5, 0.6) is 5.75 Å². The lowest BCUT2D eigenvalue weighted by molar-refractivity contribution is -0.141. The average Bonchev–Trinajstić information content (AvgIpc) is 2.67. The van der Waals surface area contributed by atoms with Crippen LogP contribution in [0, 0.1) is 0 Å². The van der Waals surface area contributed by atoms with E-state index in [4.69, 9.17) is 16.3 Å². The molecule has 27 heavy (non-hydrogen) atoms. The molecular formula is C19H19ClN2O5. The first kappa shape index (κ1) is 20.3. The summed E-state index contributed by atoms with van der Waals surface area (Å²) in [6, 6.07) is 13.7. The van der Waals surface area contributed by atoms with Gasteiger partial charge in [-0.2, -0.15) is 0 Å². The molecule has 0 heterocycles. The van der Waals surface area contributed by atoms with Crippen molar-refractivity contribution < 1.29 is 23.9 Å². The van der Waals surface area contributed by atoms with E-state index in [0.717, 1.165) is 5.56 Å². The lowest BCUT2D eigenvalue weighted by atomic mass is 10.1. The number of nitrogens with one attached hydrogen (secondary N) is 2. The molecule has 0 fully saturated rings. The van der Waals surface area contributed by atoms with Crippen molar-refractivity contribution >= 4 is 35.1 Å². The smallest absolute Gasteiger partial charge is 0.325 e. The molecule has 2 N–H and O–H groups in total. The van der Waals surface area contributed by atoms with E-state index in [1.165, 1.54) is 7.11 Å². The van der Waals surface area contributed by atoms with E-state index in [9.17, 15) is 14.4 Å². The minimum atomic E-state index is -0.514. The predicted molar refractivity (Wildman–Crippen MR) is 101 cm³/mol. The normalized spacial score (nSPS) is 10.0. The number of amides is 2. The molecule has 0 aliphatic heterocycles. The zero-order valence-electron chi connectivity index (χ0n) is 14.7. The molecule has 7 nitrogen and oxygen atoms in total. The van der Waals surface area contributed by atoms with Gasteiger partial charge in [0.1, 0.15) is 12.3 Å². The highest BCUT2D eigenvalue weighted by molar-refractivity contribution is 6.32. The number of hydrogen-bond donors (Lipinski definition) is 2. The number of rotatable bonds is 8. The van der Waals surface area contributed by atoms with Gasteiger partial charge in [0, 0.05) is 5.69 Å². The summed E-state index contributed by atoms with van der Waals surface area (Å²) in [5.41, 5.74) is 1.31. The standard InChI is InChI=1S/C19H19ClN2O5/c1-26-19(25)11-21-17(23)10-13-6-8-14(9-7-13)22-18(24)12-27-16-5-3-2-4-15(16)20/h2-9H,10-12H2,1H3,(H,21,23)(H,22,24). The molecule has 2 amide bonds. The predicted octanol–water partition coefficient (Wildman–Crippen LogP) is 2.19. The Hall–Kier alpha value is -3.06. The minimum absolute atomic E-state index is 0.112. The maximum atomic E-state index is 12.0. The van der Waals surface area contributed by atoms with Crippen LogP contribution >= 0.6 is 11.6 Å². The Morgan fingerprint density at radius 2 is 1.70 bits per heavy atom. The molecule has 0 radical (unpaired) electrons. The minimum Gasteiger partial charge on any atom is -0.482 e. The number of esters is 1. The fraction of sp³-hybridized carbons (Fsp3) is 0.211. The number of ether oxygens (including phenoxy) is 2. The first-order valence-corrected chi connectivity index (χ1v) is 8.45. The van der Waals surface area contributed by atoms with Crippen molar-refractivity contribution in [3.8, 4) is 5.75 Å². The number of methoxy groups -OCH3 is 1. The molecule has 142 valence electrons. The fourth-order valence-electron chi connectivity index (χ4n) is 2.10. The number of para-hydroxylation sites is 1. The van der Waals surface area contributed by atoms with E-state index < -0.39 is 5.97 Å². The summed E-state index contributed by atoms with van der Waals surface area (Å²) in [4.78, 5) is 34.7. The average molecular weight is 391 g/mol. The van der Waals surface area contributed by atoms with Gasteiger partial charge < -0.3 is 20.1 Å². The first-order valence-electron chi connectivity index (χ1n) is 8.07. The molecule has 0 aliphatic carbocycles. The lowest BCUT2D eigenvalue weighted by Crippen LogP contribution is -2.31. The number of carbonyl (C=O) groups is 3. The Balaban J connectivity index is 1.79. The van der Waals surface area contributed by atoms with Gasteiger partial charge in [-0.25, -0.2) is 0 Å². The highest BCUT2D eigenvalue weighted by Gasteiger charge is 2.08. The SMILES string of the molecule is COC(=O)CNC(=O)Cc1ccc(NC(=O)COc2ccccc2Cl)cc1. The Morgan fingerprint density at radius 3 is 2.37 bits per heavy atom. The monoisotopic (exact) mass is 390 g/mol. The van der Waals surface area contributed by atoms with E-state index in [1.54, 1.807) is 48.5 Å². The Bertz CT molecular complexity index is 808. The Morgan fingerprint density at radius 1 is 1.00 bits per heavy atom. The van der Waals surface area contributed by atoms with Gasteiger partial charge in [-0.05, 0) is 29.8 Å². The molecule has 2 rings (SSSR count). The second kappa shape index (κ2) is 10.2. The Labute approximate surface area is 161 Å². The van der Waals surface area contributed by atoms with Crippen molar-refractivity contribution in [3.05, 3.63) is 59.1 Å². The maximum Gasteiger partial charge on any atom is 0.325 e. The number of carbonyl (C=O) groups excluding carboxylic acids is 3. The molecule has 0 atom stereocenters. The van der Waals surface area contributed by atoms with Crippen LogP contribution in [0.25, 0.3) is 0 Å². The summed E-state index contributed by atoms with van der Waals surface area (Å²) in [7, 11) is 1.25. The van der Waals surface area contributed by atoms with Crippen molar-refractivity contribution in [2.24, 2.45) is 0 Å². The van der Waals surface area contributed by atoms with Gasteiger partial charge in [0.15, 0.2) is 6.61 Å². The van der Waals surface area contributed by atoms with E-state index in [1.807, 2.05) is 0 Å². The van der Waals surface area contributed by atoms with Gasteiger partial charge in [0.2, 0.25) is 5.91 Å². The lowest BCUT2D eigenvalue weighted by Gasteiger charge is -2.09. The van der Waals surface area contributed by atoms with E-state index in [-0.39, 0.29) is 31.4 Å². The van der Waals surface area contributed by atoms with Crippen LogP contribution in [0.4, 0.5) is 5.69 Å². The summed E-state index contributed by atoms with van der Waals surface area (Å²) in [6.07, 6.45) is 0.112. The zero-order valence-corrected chi connectivity index (χ0v) is 15.4. The third kappa shape index (κ3) is 6.99. The van der Waals surface area contributed by atoms with Crippen molar-refractivity contribution in [1.82, 2.24) is 5.32 Å². The molecule has 0 aromatic heterocycles. The van der Waals surface area contributed by atoms with Crippen molar-refractivity contribution in [2.45, 2.75) is 6.42 Å². The quantitative estimate of drug-likeness (QED) is 0.674. The molecule has 0 bridgehead atoms. The van der Waals surface area contributed by atoms with Gasteiger partial charge in [-0.1, -0.05) is 35.9 Å². The molecule has 0 spiro atoms. The van der Waals surface area contributed by atoms with Crippen molar-refractivity contribution in [1.29, 1.82) is 0 Å². The van der Waals surface area contributed by atoms with Gasteiger partial charge in [-0.3, -0.25) is 14.4 Å². The Kier molecular flexibility index (Phi) is 7.63. The third-order valence-corrected chi connectivity index (χ3v) is 3.77. The van der Waals surface area contributed by atoms with Crippen LogP contribution < -0.4 is 15.4 Å². The summed E-state index contributed by atoms with van der Waals surface area (Å²) in [6.45, 7) is -0.351. The fourth-order valence-corrected chi connectivity index (χ4v) is 2.29. The van der Waals surface area contributed by atoms with Gasteiger partial charge in [0.25, 0.3) is 5.91 Å². The summed E-state index contributed by atoms with van der Waals surface area (Å²) in [5, 5.41) is 5.58. The van der Waals surface area contributed by atoms with E-state index >= 15 is 0 Å². The molecule has 0 saturated heterocycles. The number of anilines is 1. The first-order chi connectivity index (χ1) is 13.0. The highest BCUT2D eigenvalue weighted by atomic mass is 35.5. The van der Waals surface area contributed by atoms with Crippen molar-refractivity contribution in [2.75, 3.05) is 25.6 Å². The highest BCUT2D eigenvalue weighted by Crippen LogP contribution is 2.23. The van der Waals surface area contributed by atoms with Crippen LogP contribution in [0.1, 0.15) is 5.56 Å². The second-order valence-corrected chi connectivity index (χ2v) is 5.90. The summed E-state index contributed by atoms with van der Waals surface area (Å²) in [5.74, 6) is -0.716. The van der Waals surface area contributed by atoms with Crippen LogP contribution in [-0.2, 0) is 25.5 Å². The largest absolute Gasteiger partial charge is 0.482 e. The van der Waals surface area contributed by atoms with Crippen LogP contribution in [0.15, 0.2) is 48.5 Å². The van der Waals surface area contributed by atoms with Crippen LogP contribution in [0.2, 0.25) is 5.02 Å². The number of benzene rings is 2. The van der Waals surface area contributed by atoms with E-state index in [2.05, 4.69) is 15.4 Å². The maximum absolute atomic E-state index is 12.0. The zero-order chi connectivity index (χ0) is 19.6. The molecular weight excluding hydrogens is 372 g/mol. The molecule has 8 heteroatoms. The summed E-state index contributed by atoms with van der Waals surface area (Å²) >= 11 is 5.96. The topological polar surface area (TPSA) is 93.7 Å². The third-order valence-electron chi connectivity index (χ3n) is 3.46. The van der Waals surface area contributed by atoms with Gasteiger partial charge >= 0.3 is 5.97 Å². The molecule has 0 aliphatic rings. The van der Waals surface area contributed by atoms with Crippen LogP contribution in [0.3, 0.4) is 0 Å². The van der Waals surface area contributed by atoms with Crippen molar-refractivity contribution in [3.63, 3.8) is 0 Å². The number of hydrogen-bond acceptors (Lipinski definition) is 5. The summed E-state index contributed by atoms with van der Waals surface area (Å²) < 4.78 is 9.81. The molecule has 0 unspecified atom stereocenters. The van der Waals surface area contributed by atoms with Gasteiger partial charge in [-0.15, -0.1) is 0 Å². The molecule has 2 aromatic carbocycles.